The van der Waals surface area contributed by atoms with Crippen LogP contribution < -0.4 is 11.1 Å². The summed E-state index contributed by atoms with van der Waals surface area (Å²) in [5.74, 6) is 4.19. The van der Waals surface area contributed by atoms with Crippen LogP contribution in [0, 0.1) is 18.8 Å². The quantitative estimate of drug-likeness (QED) is 0.910. The van der Waals surface area contributed by atoms with Gasteiger partial charge in [0.15, 0.2) is 0 Å². The zero-order valence-electron chi connectivity index (χ0n) is 12.8. The molecule has 0 spiro atoms. The average Bonchev–Trinajstić information content (AvgIpc) is 3.38. The third kappa shape index (κ3) is 1.81. The molecule has 2 saturated carbocycles. The summed E-state index contributed by atoms with van der Waals surface area (Å²) < 4.78 is 2.48. The number of hydrogen-bond donors (Lipinski definition) is 2. The van der Waals surface area contributed by atoms with Gasteiger partial charge in [-0.25, -0.2) is 9.97 Å². The number of pyridine rings is 1. The molecule has 1 unspecified atom stereocenters. The molecule has 0 amide bonds. The fourth-order valence-corrected chi connectivity index (χ4v) is 3.95. The first-order valence-corrected chi connectivity index (χ1v) is 8.24. The van der Waals surface area contributed by atoms with Gasteiger partial charge in [-0.1, -0.05) is 0 Å². The van der Waals surface area contributed by atoms with E-state index >= 15 is 0 Å². The van der Waals surface area contributed by atoms with Crippen molar-refractivity contribution in [2.75, 3.05) is 18.8 Å². The normalized spacial score (nSPS) is 29.6. The highest BCUT2D eigenvalue weighted by Crippen LogP contribution is 2.55. The van der Waals surface area contributed by atoms with Crippen LogP contribution in [0.15, 0.2) is 18.5 Å². The molecule has 1 aliphatic heterocycles. The van der Waals surface area contributed by atoms with Gasteiger partial charge in [-0.2, -0.15) is 0 Å². The number of hydrogen-bond acceptors (Lipinski definition) is 4. The molecule has 1 saturated heterocycles. The Morgan fingerprint density at radius 1 is 1.27 bits per heavy atom. The largest absolute Gasteiger partial charge is 0.383 e. The predicted molar refractivity (Wildman–Crippen MR) is 85.5 cm³/mol. The fraction of sp³-hybridized carbons (Fsp3) is 0.529. The van der Waals surface area contributed by atoms with Crippen LogP contribution in [0.3, 0.4) is 0 Å². The molecular formula is C17H21N5. The molecular weight excluding hydrogens is 274 g/mol. The van der Waals surface area contributed by atoms with E-state index in [2.05, 4.69) is 27.1 Å². The van der Waals surface area contributed by atoms with Gasteiger partial charge in [-0.05, 0) is 43.2 Å². The van der Waals surface area contributed by atoms with Gasteiger partial charge in [0.1, 0.15) is 11.6 Å². The maximum absolute atomic E-state index is 5.84. The molecule has 5 heteroatoms. The zero-order chi connectivity index (χ0) is 14.8. The van der Waals surface area contributed by atoms with Crippen LogP contribution in [-0.4, -0.2) is 27.6 Å². The van der Waals surface area contributed by atoms with Crippen molar-refractivity contribution in [2.45, 2.75) is 31.7 Å². The maximum Gasteiger partial charge on any atom is 0.126 e. The van der Waals surface area contributed by atoms with Gasteiger partial charge in [0.25, 0.3) is 0 Å². The van der Waals surface area contributed by atoms with Gasteiger partial charge >= 0.3 is 0 Å². The fourth-order valence-electron chi connectivity index (χ4n) is 3.95. The Morgan fingerprint density at radius 3 is 2.73 bits per heavy atom. The average molecular weight is 295 g/mol. The first kappa shape index (κ1) is 12.6. The lowest BCUT2D eigenvalue weighted by Gasteiger charge is -2.09. The number of fused-ring (bicyclic) bond motifs is 1. The second-order valence-electron chi connectivity index (χ2n) is 7.07. The number of aromatic nitrogens is 3. The van der Waals surface area contributed by atoms with E-state index in [4.69, 9.17) is 10.7 Å². The van der Waals surface area contributed by atoms with Crippen LogP contribution in [0.25, 0.3) is 11.3 Å². The van der Waals surface area contributed by atoms with Crippen molar-refractivity contribution in [1.29, 1.82) is 0 Å². The van der Waals surface area contributed by atoms with Crippen molar-refractivity contribution in [3.05, 3.63) is 29.8 Å². The number of imidazole rings is 1. The molecule has 0 aromatic carbocycles. The number of nitrogen functional groups attached to an aromatic ring is 1. The zero-order valence-corrected chi connectivity index (χ0v) is 12.8. The Labute approximate surface area is 130 Å². The summed E-state index contributed by atoms with van der Waals surface area (Å²) >= 11 is 0. The molecule has 22 heavy (non-hydrogen) atoms. The Kier molecular flexibility index (Phi) is 2.48. The molecule has 5 rings (SSSR count). The number of nitrogens with zero attached hydrogens (tertiary/aromatic N) is 3. The van der Waals surface area contributed by atoms with E-state index in [0.717, 1.165) is 41.7 Å². The van der Waals surface area contributed by atoms with Crippen molar-refractivity contribution in [2.24, 2.45) is 11.8 Å². The summed E-state index contributed by atoms with van der Waals surface area (Å²) in [6, 6.07) is 2.77. The molecule has 3 atom stereocenters. The number of nitrogens with one attached hydrogen (secondary N) is 1. The summed E-state index contributed by atoms with van der Waals surface area (Å²) in [7, 11) is 0. The minimum Gasteiger partial charge on any atom is -0.383 e. The highest BCUT2D eigenvalue weighted by atomic mass is 15.2. The van der Waals surface area contributed by atoms with Crippen LogP contribution in [0.2, 0.25) is 0 Å². The van der Waals surface area contributed by atoms with E-state index < -0.39 is 0 Å². The molecule has 0 radical (unpaired) electrons. The van der Waals surface area contributed by atoms with E-state index in [1.54, 1.807) is 0 Å². The second kappa shape index (κ2) is 4.32. The van der Waals surface area contributed by atoms with Crippen molar-refractivity contribution in [3.8, 4) is 11.3 Å². The van der Waals surface area contributed by atoms with Crippen molar-refractivity contribution >= 4 is 5.82 Å². The summed E-state index contributed by atoms with van der Waals surface area (Å²) in [6.07, 6.45) is 6.68. The molecule has 0 bridgehead atoms. The number of anilines is 1. The number of aryl methyl sites for hydroxylation is 1. The standard InChI is InChI=1S/C17H21N5/c1-9-4-11(5-20-16(9)18)14-8-22(17(21-14)10-2-3-10)15-12-6-19-7-13(12)15/h4-5,8,10,12-13,15,19H,2-3,6-7H2,1H3,(H2,18,20)/t12-,13+,15?. The number of nitrogens with two attached hydrogens (primary N) is 1. The van der Waals surface area contributed by atoms with E-state index in [-0.39, 0.29) is 0 Å². The molecule has 3 fully saturated rings. The van der Waals surface area contributed by atoms with Crippen molar-refractivity contribution in [1.82, 2.24) is 19.9 Å². The van der Waals surface area contributed by atoms with Gasteiger partial charge in [-0.15, -0.1) is 0 Å². The predicted octanol–water partition coefficient (Wildman–Crippen LogP) is 2.10. The van der Waals surface area contributed by atoms with Gasteiger partial charge < -0.3 is 15.6 Å². The minimum atomic E-state index is 0.605. The summed E-state index contributed by atoms with van der Waals surface area (Å²) in [6.45, 7) is 4.33. The Balaban J connectivity index is 1.55. The Hall–Kier alpha value is -1.88. The van der Waals surface area contributed by atoms with Crippen LogP contribution in [0.5, 0.6) is 0 Å². The highest BCUT2D eigenvalue weighted by molar-refractivity contribution is 5.61. The van der Waals surface area contributed by atoms with Crippen LogP contribution in [0.4, 0.5) is 5.82 Å². The first-order chi connectivity index (χ1) is 10.7. The summed E-state index contributed by atoms with van der Waals surface area (Å²) in [5, 5.41) is 3.48. The van der Waals surface area contributed by atoms with E-state index in [9.17, 15) is 0 Å². The molecule has 2 aromatic rings. The second-order valence-corrected chi connectivity index (χ2v) is 7.07. The Bertz CT molecular complexity index is 736. The summed E-state index contributed by atoms with van der Waals surface area (Å²) in [5.41, 5.74) is 8.99. The topological polar surface area (TPSA) is 68.8 Å². The van der Waals surface area contributed by atoms with Gasteiger partial charge in [0, 0.05) is 43.0 Å². The molecule has 3 heterocycles. The molecule has 3 N–H and O–H groups in total. The van der Waals surface area contributed by atoms with E-state index in [0.29, 0.717) is 17.8 Å². The number of piperidine rings is 1. The van der Waals surface area contributed by atoms with Gasteiger partial charge in [0.2, 0.25) is 0 Å². The summed E-state index contributed by atoms with van der Waals surface area (Å²) in [4.78, 5) is 9.25. The third-order valence-electron chi connectivity index (χ3n) is 5.49. The Morgan fingerprint density at radius 2 is 2.05 bits per heavy atom. The lowest BCUT2D eigenvalue weighted by Crippen LogP contribution is -2.17. The van der Waals surface area contributed by atoms with Crippen molar-refractivity contribution < 1.29 is 0 Å². The van der Waals surface area contributed by atoms with Gasteiger partial charge in [-0.3, -0.25) is 0 Å². The van der Waals surface area contributed by atoms with Crippen LogP contribution in [0.1, 0.15) is 36.2 Å². The lowest BCUT2D eigenvalue weighted by atomic mass is 10.1. The molecule has 5 nitrogen and oxygen atoms in total. The minimum absolute atomic E-state index is 0.605. The van der Waals surface area contributed by atoms with Crippen LogP contribution >= 0.6 is 0 Å². The maximum atomic E-state index is 5.84. The molecule has 2 aliphatic carbocycles. The van der Waals surface area contributed by atoms with Gasteiger partial charge in [0.05, 0.1) is 5.69 Å². The first-order valence-electron chi connectivity index (χ1n) is 8.24. The molecule has 114 valence electrons. The molecule has 3 aliphatic rings. The molecule has 2 aromatic heterocycles. The highest BCUT2D eigenvalue weighted by Gasteiger charge is 2.55. The number of rotatable bonds is 3. The van der Waals surface area contributed by atoms with Crippen LogP contribution in [-0.2, 0) is 0 Å². The van der Waals surface area contributed by atoms with Crippen molar-refractivity contribution in [3.63, 3.8) is 0 Å². The SMILES string of the molecule is Cc1cc(-c2cn(C3[C@H]4CNC[C@@H]34)c(C3CC3)n2)cnc1N. The lowest BCUT2D eigenvalue weighted by molar-refractivity contribution is 0.550. The monoisotopic (exact) mass is 295 g/mol. The van der Waals surface area contributed by atoms with E-state index in [1.165, 1.54) is 18.7 Å². The smallest absolute Gasteiger partial charge is 0.126 e. The third-order valence-corrected chi connectivity index (χ3v) is 5.49. The van der Waals surface area contributed by atoms with E-state index in [1.807, 2.05) is 13.1 Å².